The van der Waals surface area contributed by atoms with E-state index in [1.54, 1.807) is 0 Å². The molecule has 0 spiro atoms. The highest BCUT2D eigenvalue weighted by molar-refractivity contribution is 5.22. The minimum absolute atomic E-state index is 0.768. The summed E-state index contributed by atoms with van der Waals surface area (Å²) >= 11 is 0. The number of para-hydroxylation sites is 1. The second-order valence-corrected chi connectivity index (χ2v) is 3.71. The average Bonchev–Trinajstić information content (AvgIpc) is 2.29. The maximum Gasteiger partial charge on any atom is 0.119 e. The van der Waals surface area contributed by atoms with Gasteiger partial charge in [-0.05, 0) is 43.4 Å². The topological polar surface area (TPSA) is 9.23 Å². The number of allylic oxidation sites excluding steroid dienone is 1. The van der Waals surface area contributed by atoms with Crippen LogP contribution >= 0.6 is 0 Å². The lowest BCUT2D eigenvalue weighted by Gasteiger charge is -2.13. The van der Waals surface area contributed by atoms with Crippen LogP contribution in [0.1, 0.15) is 25.7 Å². The number of ether oxygens (including phenoxy) is 1. The van der Waals surface area contributed by atoms with Crippen LogP contribution in [0.2, 0.25) is 0 Å². The van der Waals surface area contributed by atoms with Crippen molar-refractivity contribution in [3.05, 3.63) is 42.0 Å². The molecule has 0 atom stereocenters. The van der Waals surface area contributed by atoms with Crippen molar-refractivity contribution in [1.82, 2.24) is 0 Å². The number of hydrogen-bond acceptors (Lipinski definition) is 1. The summed E-state index contributed by atoms with van der Waals surface area (Å²) in [6.45, 7) is 0.768. The Morgan fingerprint density at radius 1 is 1.07 bits per heavy atom. The molecular weight excluding hydrogens is 172 g/mol. The molecule has 1 aromatic carbocycles. The highest BCUT2D eigenvalue weighted by atomic mass is 16.5. The lowest BCUT2D eigenvalue weighted by Crippen LogP contribution is -2.03. The van der Waals surface area contributed by atoms with Crippen LogP contribution in [-0.2, 0) is 0 Å². The molecule has 0 fully saturated rings. The van der Waals surface area contributed by atoms with Crippen molar-refractivity contribution in [2.75, 3.05) is 6.61 Å². The first-order valence-corrected chi connectivity index (χ1v) is 5.31. The van der Waals surface area contributed by atoms with Gasteiger partial charge in [0, 0.05) is 0 Å². The minimum Gasteiger partial charge on any atom is -0.489 e. The van der Waals surface area contributed by atoms with E-state index < -0.39 is 0 Å². The van der Waals surface area contributed by atoms with Crippen molar-refractivity contribution in [2.45, 2.75) is 25.7 Å². The molecule has 0 aromatic heterocycles. The first-order chi connectivity index (χ1) is 6.95. The summed E-state index contributed by atoms with van der Waals surface area (Å²) in [7, 11) is 0. The van der Waals surface area contributed by atoms with Gasteiger partial charge >= 0.3 is 0 Å². The van der Waals surface area contributed by atoms with Gasteiger partial charge in [-0.3, -0.25) is 0 Å². The van der Waals surface area contributed by atoms with E-state index in [2.05, 4.69) is 6.08 Å². The largest absolute Gasteiger partial charge is 0.489 e. The zero-order valence-corrected chi connectivity index (χ0v) is 8.41. The average molecular weight is 188 g/mol. The molecule has 1 aliphatic carbocycles. The molecule has 2 rings (SSSR count). The fourth-order valence-electron chi connectivity index (χ4n) is 1.73. The Morgan fingerprint density at radius 3 is 2.64 bits per heavy atom. The Bertz CT molecular complexity index is 300. The summed E-state index contributed by atoms with van der Waals surface area (Å²) in [4.78, 5) is 0. The normalized spacial score (nSPS) is 16.1. The molecule has 14 heavy (non-hydrogen) atoms. The van der Waals surface area contributed by atoms with Crippen molar-refractivity contribution < 1.29 is 4.74 Å². The third-order valence-electron chi connectivity index (χ3n) is 2.55. The van der Waals surface area contributed by atoms with Crippen molar-refractivity contribution in [1.29, 1.82) is 0 Å². The molecule has 0 unspecified atom stereocenters. The summed E-state index contributed by atoms with van der Waals surface area (Å²) in [5.74, 6) is 0.971. The fraction of sp³-hybridized carbons (Fsp3) is 0.385. The van der Waals surface area contributed by atoms with Crippen LogP contribution in [0.3, 0.4) is 0 Å². The third-order valence-corrected chi connectivity index (χ3v) is 2.55. The van der Waals surface area contributed by atoms with Gasteiger partial charge in [0.15, 0.2) is 0 Å². The van der Waals surface area contributed by atoms with Gasteiger partial charge in [-0.1, -0.05) is 24.3 Å². The molecule has 0 bridgehead atoms. The SMILES string of the molecule is C1=C(COc2ccccc2)CCCC1. The summed E-state index contributed by atoms with van der Waals surface area (Å²) in [5, 5.41) is 0. The van der Waals surface area contributed by atoms with Crippen LogP contribution in [0.4, 0.5) is 0 Å². The summed E-state index contributed by atoms with van der Waals surface area (Å²) in [5.41, 5.74) is 1.46. The van der Waals surface area contributed by atoms with Crippen LogP contribution in [-0.4, -0.2) is 6.61 Å². The molecule has 0 N–H and O–H groups in total. The van der Waals surface area contributed by atoms with Crippen molar-refractivity contribution in [3.8, 4) is 5.75 Å². The summed E-state index contributed by atoms with van der Waals surface area (Å²) < 4.78 is 5.68. The van der Waals surface area contributed by atoms with E-state index >= 15 is 0 Å². The minimum atomic E-state index is 0.768. The van der Waals surface area contributed by atoms with E-state index in [0.29, 0.717) is 0 Å². The Balaban J connectivity index is 1.85. The Morgan fingerprint density at radius 2 is 1.93 bits per heavy atom. The van der Waals surface area contributed by atoms with E-state index in [0.717, 1.165) is 12.4 Å². The summed E-state index contributed by atoms with van der Waals surface area (Å²) in [6, 6.07) is 10.0. The van der Waals surface area contributed by atoms with Crippen molar-refractivity contribution in [3.63, 3.8) is 0 Å². The highest BCUT2D eigenvalue weighted by Gasteiger charge is 2.03. The lowest BCUT2D eigenvalue weighted by molar-refractivity contribution is 0.343. The fourth-order valence-corrected chi connectivity index (χ4v) is 1.73. The molecule has 0 amide bonds. The first kappa shape index (κ1) is 9.32. The van der Waals surface area contributed by atoms with E-state index in [9.17, 15) is 0 Å². The predicted molar refractivity (Wildman–Crippen MR) is 58.5 cm³/mol. The molecule has 0 radical (unpaired) electrons. The number of rotatable bonds is 3. The number of benzene rings is 1. The van der Waals surface area contributed by atoms with Crippen LogP contribution in [0.5, 0.6) is 5.75 Å². The first-order valence-electron chi connectivity index (χ1n) is 5.31. The Kier molecular flexibility index (Phi) is 3.23. The zero-order valence-electron chi connectivity index (χ0n) is 8.41. The van der Waals surface area contributed by atoms with Crippen molar-refractivity contribution in [2.24, 2.45) is 0 Å². The smallest absolute Gasteiger partial charge is 0.119 e. The van der Waals surface area contributed by atoms with Gasteiger partial charge in [-0.15, -0.1) is 0 Å². The van der Waals surface area contributed by atoms with Crippen LogP contribution in [0.25, 0.3) is 0 Å². The van der Waals surface area contributed by atoms with Gasteiger partial charge in [0.2, 0.25) is 0 Å². The molecule has 0 heterocycles. The van der Waals surface area contributed by atoms with Gasteiger partial charge < -0.3 is 4.74 Å². The van der Waals surface area contributed by atoms with E-state index in [1.165, 1.54) is 31.3 Å². The third kappa shape index (κ3) is 2.63. The van der Waals surface area contributed by atoms with Gasteiger partial charge in [0.25, 0.3) is 0 Å². The van der Waals surface area contributed by atoms with Gasteiger partial charge in [0.1, 0.15) is 12.4 Å². The second kappa shape index (κ2) is 4.85. The quantitative estimate of drug-likeness (QED) is 0.659. The van der Waals surface area contributed by atoms with Crippen LogP contribution < -0.4 is 4.74 Å². The second-order valence-electron chi connectivity index (χ2n) is 3.71. The Labute approximate surface area is 85.4 Å². The van der Waals surface area contributed by atoms with Gasteiger partial charge in [-0.25, -0.2) is 0 Å². The van der Waals surface area contributed by atoms with E-state index in [1.807, 2.05) is 30.3 Å². The molecular formula is C13H16O. The molecule has 0 saturated carbocycles. The Hall–Kier alpha value is -1.24. The summed E-state index contributed by atoms with van der Waals surface area (Å²) in [6.07, 6.45) is 7.44. The van der Waals surface area contributed by atoms with Gasteiger partial charge in [-0.2, -0.15) is 0 Å². The standard InChI is InChI=1S/C13H16O/c1-3-7-12(8-4-1)11-14-13-9-5-2-6-10-13/h2,5-7,9-10H,1,3-4,8,11H2. The van der Waals surface area contributed by atoms with E-state index in [4.69, 9.17) is 4.74 Å². The molecule has 1 heteroatoms. The molecule has 1 nitrogen and oxygen atoms in total. The van der Waals surface area contributed by atoms with Crippen LogP contribution in [0, 0.1) is 0 Å². The van der Waals surface area contributed by atoms with E-state index in [-0.39, 0.29) is 0 Å². The molecule has 74 valence electrons. The molecule has 1 aromatic rings. The highest BCUT2D eigenvalue weighted by Crippen LogP contribution is 2.18. The molecule has 1 aliphatic rings. The van der Waals surface area contributed by atoms with Crippen molar-refractivity contribution >= 4 is 0 Å². The van der Waals surface area contributed by atoms with Crippen LogP contribution in [0.15, 0.2) is 42.0 Å². The molecule has 0 aliphatic heterocycles. The lowest BCUT2D eigenvalue weighted by atomic mass is 10.0. The maximum atomic E-state index is 5.68. The monoisotopic (exact) mass is 188 g/mol. The number of hydrogen-bond donors (Lipinski definition) is 0. The predicted octanol–water partition coefficient (Wildman–Crippen LogP) is 3.57. The maximum absolute atomic E-state index is 5.68. The molecule has 0 saturated heterocycles. The van der Waals surface area contributed by atoms with Gasteiger partial charge in [0.05, 0.1) is 0 Å². The zero-order chi connectivity index (χ0) is 9.64.